The van der Waals surface area contributed by atoms with Crippen LogP contribution in [-0.2, 0) is 14.8 Å². The second kappa shape index (κ2) is 9.81. The molecule has 1 amide bonds. The van der Waals surface area contributed by atoms with E-state index in [0.717, 1.165) is 11.1 Å². The molecule has 1 aliphatic rings. The molecule has 0 aliphatic carbocycles. The van der Waals surface area contributed by atoms with E-state index in [0.29, 0.717) is 54.8 Å². The van der Waals surface area contributed by atoms with Crippen LogP contribution in [0.1, 0.15) is 24.0 Å². The molecule has 30 heavy (non-hydrogen) atoms. The van der Waals surface area contributed by atoms with Gasteiger partial charge in [0.2, 0.25) is 15.9 Å². The molecule has 0 radical (unpaired) electrons. The van der Waals surface area contributed by atoms with Gasteiger partial charge in [0.15, 0.2) is 0 Å². The van der Waals surface area contributed by atoms with Gasteiger partial charge in [0, 0.05) is 24.0 Å². The van der Waals surface area contributed by atoms with Crippen LogP contribution in [0.4, 0.5) is 0 Å². The molecule has 1 saturated heterocycles. The molecular weight excluding hydrogens is 424 g/mol. The van der Waals surface area contributed by atoms with Gasteiger partial charge in [-0.05, 0) is 56.5 Å². The Labute approximate surface area is 183 Å². The molecule has 1 fully saturated rings. The summed E-state index contributed by atoms with van der Waals surface area (Å²) in [6, 6.07) is 12.3. The molecule has 162 valence electrons. The first-order valence-electron chi connectivity index (χ1n) is 10.0. The lowest BCUT2D eigenvalue weighted by Crippen LogP contribution is -2.43. The van der Waals surface area contributed by atoms with Crippen molar-refractivity contribution in [3.63, 3.8) is 0 Å². The highest BCUT2D eigenvalue weighted by atomic mass is 35.5. The number of piperidine rings is 1. The Morgan fingerprint density at radius 1 is 1.13 bits per heavy atom. The summed E-state index contributed by atoms with van der Waals surface area (Å²) in [5.74, 6) is 0.408. The van der Waals surface area contributed by atoms with Gasteiger partial charge in [0.1, 0.15) is 12.4 Å². The zero-order valence-corrected chi connectivity index (χ0v) is 18.8. The zero-order chi connectivity index (χ0) is 21.7. The fraction of sp³-hybridized carbons (Fsp3) is 0.409. The van der Waals surface area contributed by atoms with Gasteiger partial charge in [0.05, 0.1) is 11.4 Å². The van der Waals surface area contributed by atoms with Gasteiger partial charge in [-0.25, -0.2) is 8.42 Å². The smallest absolute Gasteiger partial charge is 0.243 e. The first kappa shape index (κ1) is 22.6. The van der Waals surface area contributed by atoms with Gasteiger partial charge in [-0.2, -0.15) is 4.31 Å². The maximum atomic E-state index is 12.8. The van der Waals surface area contributed by atoms with Gasteiger partial charge >= 0.3 is 0 Å². The standard InChI is InChI=1S/C22H27ClN2O4S/c1-16-3-7-20(8-4-16)30(27,28)25-12-9-18(10-13-25)22(26)24-11-14-29-19-6-5-17(2)21(23)15-19/h3-8,15,18H,9-14H2,1-2H3,(H,24,26). The minimum absolute atomic E-state index is 0.0621. The number of carbonyl (C=O) groups excluding carboxylic acids is 1. The highest BCUT2D eigenvalue weighted by Gasteiger charge is 2.31. The summed E-state index contributed by atoms with van der Waals surface area (Å²) in [5.41, 5.74) is 1.99. The van der Waals surface area contributed by atoms with Gasteiger partial charge < -0.3 is 10.1 Å². The number of rotatable bonds is 7. The molecule has 0 bridgehead atoms. The predicted molar refractivity (Wildman–Crippen MR) is 117 cm³/mol. The van der Waals surface area contributed by atoms with Crippen molar-refractivity contribution in [2.45, 2.75) is 31.6 Å². The van der Waals surface area contributed by atoms with Crippen LogP contribution in [0.25, 0.3) is 0 Å². The fourth-order valence-corrected chi connectivity index (χ4v) is 5.01. The second-order valence-electron chi connectivity index (χ2n) is 7.54. The first-order chi connectivity index (χ1) is 14.3. The number of benzene rings is 2. The molecule has 6 nitrogen and oxygen atoms in total. The number of nitrogens with zero attached hydrogens (tertiary/aromatic N) is 1. The Morgan fingerprint density at radius 3 is 2.43 bits per heavy atom. The van der Waals surface area contributed by atoms with Crippen LogP contribution in [-0.4, -0.2) is 44.9 Å². The van der Waals surface area contributed by atoms with E-state index in [9.17, 15) is 13.2 Å². The van der Waals surface area contributed by atoms with Crippen LogP contribution in [0.15, 0.2) is 47.4 Å². The Hall–Kier alpha value is -2.09. The summed E-state index contributed by atoms with van der Waals surface area (Å²) in [6.07, 6.45) is 1.01. The SMILES string of the molecule is Cc1ccc(S(=O)(=O)N2CCC(C(=O)NCCOc3ccc(C)c(Cl)c3)CC2)cc1. The summed E-state index contributed by atoms with van der Waals surface area (Å²) in [4.78, 5) is 12.7. The fourth-order valence-electron chi connectivity index (χ4n) is 3.37. The zero-order valence-electron chi connectivity index (χ0n) is 17.2. The van der Waals surface area contributed by atoms with Crippen molar-refractivity contribution in [1.82, 2.24) is 9.62 Å². The third-order valence-electron chi connectivity index (χ3n) is 5.30. The van der Waals surface area contributed by atoms with E-state index in [1.807, 2.05) is 26.0 Å². The molecule has 0 unspecified atom stereocenters. The van der Waals surface area contributed by atoms with Gasteiger partial charge in [-0.1, -0.05) is 35.4 Å². The van der Waals surface area contributed by atoms with Crippen molar-refractivity contribution >= 4 is 27.5 Å². The molecule has 3 rings (SSSR count). The number of aryl methyl sites for hydroxylation is 2. The topological polar surface area (TPSA) is 75.7 Å². The van der Waals surface area contributed by atoms with Gasteiger partial charge in [0.25, 0.3) is 0 Å². The van der Waals surface area contributed by atoms with Crippen molar-refractivity contribution in [2.75, 3.05) is 26.2 Å². The molecule has 0 atom stereocenters. The van der Waals surface area contributed by atoms with E-state index in [4.69, 9.17) is 16.3 Å². The summed E-state index contributed by atoms with van der Waals surface area (Å²) >= 11 is 6.07. The van der Waals surface area contributed by atoms with Crippen molar-refractivity contribution < 1.29 is 17.9 Å². The van der Waals surface area contributed by atoms with E-state index in [1.165, 1.54) is 4.31 Å². The molecular formula is C22H27ClN2O4S. The molecule has 2 aromatic rings. The summed E-state index contributed by atoms with van der Waals surface area (Å²) in [7, 11) is -3.52. The van der Waals surface area contributed by atoms with E-state index in [1.54, 1.807) is 30.3 Å². The maximum Gasteiger partial charge on any atom is 0.243 e. The Morgan fingerprint density at radius 2 is 1.80 bits per heavy atom. The molecule has 2 aromatic carbocycles. The number of nitrogens with one attached hydrogen (secondary N) is 1. The van der Waals surface area contributed by atoms with Gasteiger partial charge in [-0.15, -0.1) is 0 Å². The van der Waals surface area contributed by atoms with E-state index >= 15 is 0 Å². The molecule has 0 aromatic heterocycles. The van der Waals surface area contributed by atoms with Crippen LogP contribution in [0, 0.1) is 19.8 Å². The highest BCUT2D eigenvalue weighted by Crippen LogP contribution is 2.24. The van der Waals surface area contributed by atoms with Crippen molar-refractivity contribution in [1.29, 1.82) is 0 Å². The highest BCUT2D eigenvalue weighted by molar-refractivity contribution is 7.89. The number of hydrogen-bond donors (Lipinski definition) is 1. The average Bonchev–Trinajstić information content (AvgIpc) is 2.74. The number of sulfonamides is 1. The van der Waals surface area contributed by atoms with Crippen molar-refractivity contribution in [3.05, 3.63) is 58.6 Å². The third kappa shape index (κ3) is 5.53. The Bertz CT molecular complexity index is 985. The lowest BCUT2D eigenvalue weighted by atomic mass is 9.97. The molecule has 0 saturated carbocycles. The van der Waals surface area contributed by atoms with E-state index in [-0.39, 0.29) is 11.8 Å². The summed E-state index contributed by atoms with van der Waals surface area (Å²) in [6.45, 7) is 5.24. The Kier molecular flexibility index (Phi) is 7.39. The normalized spacial score (nSPS) is 15.7. The number of carbonyl (C=O) groups is 1. The average molecular weight is 451 g/mol. The minimum atomic E-state index is -3.52. The van der Waals surface area contributed by atoms with Crippen LogP contribution in [0.5, 0.6) is 5.75 Å². The molecule has 1 heterocycles. The van der Waals surface area contributed by atoms with Crippen LogP contribution in [0.3, 0.4) is 0 Å². The number of halogens is 1. The molecule has 0 spiro atoms. The van der Waals surface area contributed by atoms with Gasteiger partial charge in [-0.3, -0.25) is 4.79 Å². The third-order valence-corrected chi connectivity index (χ3v) is 7.62. The quantitative estimate of drug-likeness (QED) is 0.654. The lowest BCUT2D eigenvalue weighted by Gasteiger charge is -2.30. The summed E-state index contributed by atoms with van der Waals surface area (Å²) < 4.78 is 32.6. The number of ether oxygens (including phenoxy) is 1. The second-order valence-corrected chi connectivity index (χ2v) is 9.89. The Balaban J connectivity index is 1.43. The number of hydrogen-bond acceptors (Lipinski definition) is 4. The summed E-state index contributed by atoms with van der Waals surface area (Å²) in [5, 5.41) is 3.52. The molecule has 1 N–H and O–H groups in total. The largest absolute Gasteiger partial charge is 0.492 e. The molecule has 8 heteroatoms. The molecule has 1 aliphatic heterocycles. The van der Waals surface area contributed by atoms with E-state index < -0.39 is 10.0 Å². The monoisotopic (exact) mass is 450 g/mol. The van der Waals surface area contributed by atoms with Crippen LogP contribution < -0.4 is 10.1 Å². The predicted octanol–water partition coefficient (Wildman–Crippen LogP) is 3.55. The lowest BCUT2D eigenvalue weighted by molar-refractivity contribution is -0.126. The number of amides is 1. The maximum absolute atomic E-state index is 12.8. The van der Waals surface area contributed by atoms with Crippen molar-refractivity contribution in [3.8, 4) is 5.75 Å². The minimum Gasteiger partial charge on any atom is -0.492 e. The van der Waals surface area contributed by atoms with E-state index in [2.05, 4.69) is 5.32 Å². The van der Waals surface area contributed by atoms with Crippen molar-refractivity contribution in [2.24, 2.45) is 5.92 Å². The van der Waals surface area contributed by atoms with Crippen LogP contribution >= 0.6 is 11.6 Å². The van der Waals surface area contributed by atoms with Crippen LogP contribution in [0.2, 0.25) is 5.02 Å². The first-order valence-corrected chi connectivity index (χ1v) is 11.8.